The molecule has 1 amide bonds. The van der Waals surface area contributed by atoms with Crippen molar-refractivity contribution in [2.24, 2.45) is 5.10 Å². The number of amides is 1. The van der Waals surface area contributed by atoms with E-state index in [4.69, 9.17) is 30.2 Å². The number of nitrogens with one attached hydrogen (secondary N) is 1. The molecule has 0 atom stereocenters. The molecule has 8 heteroatoms. The first-order chi connectivity index (χ1) is 17.1. The van der Waals surface area contributed by atoms with Crippen molar-refractivity contribution in [2.75, 3.05) is 13.2 Å². The SMILES string of the molecule is CCOc1ccc2oc(C(=O)N/N=C/c3ccc(OCc4ccc(Cl)cc4)c(OCC)c3)cc2c1. The van der Waals surface area contributed by atoms with E-state index in [1.807, 2.05) is 50.2 Å². The molecule has 0 aliphatic rings. The monoisotopic (exact) mass is 492 g/mol. The standard InChI is InChI=1S/C27H25ClN2O5/c1-3-32-22-10-12-23-20(14-22)15-26(35-23)27(31)30-29-16-19-7-11-24(25(13-19)33-4-2)34-17-18-5-8-21(28)9-6-18/h5-16H,3-4,17H2,1-2H3,(H,30,31)/b29-16+. The summed E-state index contributed by atoms with van der Waals surface area (Å²) in [7, 11) is 0. The van der Waals surface area contributed by atoms with Crippen molar-refractivity contribution in [3.05, 3.63) is 88.6 Å². The molecule has 0 spiro atoms. The molecule has 0 radical (unpaired) electrons. The van der Waals surface area contributed by atoms with Crippen LogP contribution in [0, 0.1) is 0 Å². The van der Waals surface area contributed by atoms with Crippen LogP contribution in [-0.2, 0) is 6.61 Å². The van der Waals surface area contributed by atoms with Crippen molar-refractivity contribution in [1.29, 1.82) is 0 Å². The van der Waals surface area contributed by atoms with Gasteiger partial charge in [-0.15, -0.1) is 0 Å². The first-order valence-corrected chi connectivity index (χ1v) is 11.6. The first-order valence-electron chi connectivity index (χ1n) is 11.2. The van der Waals surface area contributed by atoms with E-state index in [-0.39, 0.29) is 5.76 Å². The van der Waals surface area contributed by atoms with Crippen LogP contribution in [0.2, 0.25) is 5.02 Å². The van der Waals surface area contributed by atoms with Gasteiger partial charge in [-0.2, -0.15) is 5.10 Å². The Balaban J connectivity index is 1.40. The molecular weight excluding hydrogens is 468 g/mol. The Hall–Kier alpha value is -3.97. The molecule has 7 nitrogen and oxygen atoms in total. The molecule has 4 rings (SSSR count). The van der Waals surface area contributed by atoms with Gasteiger partial charge in [-0.1, -0.05) is 23.7 Å². The zero-order valence-corrected chi connectivity index (χ0v) is 20.2. The van der Waals surface area contributed by atoms with Gasteiger partial charge in [0.2, 0.25) is 0 Å². The fourth-order valence-corrected chi connectivity index (χ4v) is 3.47. The lowest BCUT2D eigenvalue weighted by molar-refractivity contribution is 0.0929. The predicted molar refractivity (Wildman–Crippen MR) is 136 cm³/mol. The summed E-state index contributed by atoms with van der Waals surface area (Å²) in [4.78, 5) is 12.5. The van der Waals surface area contributed by atoms with Crippen molar-refractivity contribution in [1.82, 2.24) is 5.43 Å². The number of nitrogens with zero attached hydrogens (tertiary/aromatic N) is 1. The molecule has 4 aromatic rings. The van der Waals surface area contributed by atoms with E-state index in [2.05, 4.69) is 10.5 Å². The van der Waals surface area contributed by atoms with Crippen LogP contribution in [0.15, 0.2) is 76.2 Å². The van der Waals surface area contributed by atoms with E-state index in [0.717, 1.165) is 22.3 Å². The van der Waals surface area contributed by atoms with E-state index in [1.165, 1.54) is 6.21 Å². The lowest BCUT2D eigenvalue weighted by atomic mass is 10.2. The van der Waals surface area contributed by atoms with Gasteiger partial charge in [-0.3, -0.25) is 4.79 Å². The van der Waals surface area contributed by atoms with Crippen molar-refractivity contribution in [3.8, 4) is 17.2 Å². The third kappa shape index (κ3) is 6.33. The third-order valence-electron chi connectivity index (χ3n) is 4.98. The van der Waals surface area contributed by atoms with Crippen LogP contribution < -0.4 is 19.6 Å². The number of hydrogen-bond acceptors (Lipinski definition) is 6. The minimum absolute atomic E-state index is 0.159. The van der Waals surface area contributed by atoms with E-state index >= 15 is 0 Å². The van der Waals surface area contributed by atoms with Crippen molar-refractivity contribution < 1.29 is 23.4 Å². The second kappa shape index (κ2) is 11.4. The maximum Gasteiger partial charge on any atom is 0.307 e. The van der Waals surface area contributed by atoms with Gasteiger partial charge < -0.3 is 18.6 Å². The highest BCUT2D eigenvalue weighted by molar-refractivity contribution is 6.30. The molecule has 0 unspecified atom stereocenters. The van der Waals surface area contributed by atoms with Crippen molar-refractivity contribution in [2.45, 2.75) is 20.5 Å². The maximum absolute atomic E-state index is 12.5. The lowest BCUT2D eigenvalue weighted by Gasteiger charge is -2.12. The average Bonchev–Trinajstić information content (AvgIpc) is 3.29. The molecule has 0 aliphatic carbocycles. The Morgan fingerprint density at radius 1 is 0.943 bits per heavy atom. The molecule has 35 heavy (non-hydrogen) atoms. The average molecular weight is 493 g/mol. The van der Waals surface area contributed by atoms with E-state index < -0.39 is 5.91 Å². The largest absolute Gasteiger partial charge is 0.494 e. The number of hydrazone groups is 1. The van der Waals surface area contributed by atoms with Gasteiger partial charge in [0.1, 0.15) is 17.9 Å². The number of fused-ring (bicyclic) bond motifs is 1. The number of ether oxygens (including phenoxy) is 3. The number of hydrogen-bond donors (Lipinski definition) is 1. The summed E-state index contributed by atoms with van der Waals surface area (Å²) >= 11 is 5.93. The zero-order valence-electron chi connectivity index (χ0n) is 19.4. The van der Waals surface area contributed by atoms with Gasteiger partial charge in [-0.05, 0) is 79.6 Å². The second-order valence-corrected chi connectivity index (χ2v) is 7.93. The Bertz CT molecular complexity index is 1330. The molecular formula is C27H25ClN2O5. The number of rotatable bonds is 10. The highest BCUT2D eigenvalue weighted by Gasteiger charge is 2.12. The number of furan rings is 1. The summed E-state index contributed by atoms with van der Waals surface area (Å²) < 4.78 is 22.7. The molecule has 0 bridgehead atoms. The molecule has 1 aromatic heterocycles. The Morgan fingerprint density at radius 3 is 2.51 bits per heavy atom. The summed E-state index contributed by atoms with van der Waals surface area (Å²) in [5, 5.41) is 5.50. The Morgan fingerprint density at radius 2 is 1.74 bits per heavy atom. The van der Waals surface area contributed by atoms with Crippen LogP contribution in [0.1, 0.15) is 35.5 Å². The molecule has 0 aliphatic heterocycles. The van der Waals surface area contributed by atoms with Crippen LogP contribution in [0.3, 0.4) is 0 Å². The normalized spacial score (nSPS) is 11.1. The molecule has 0 saturated heterocycles. The predicted octanol–water partition coefficient (Wildman–Crippen LogP) is 6.23. The summed E-state index contributed by atoms with van der Waals surface area (Å²) in [6.07, 6.45) is 1.53. The number of halogens is 1. The summed E-state index contributed by atoms with van der Waals surface area (Å²) in [5.74, 6) is 1.61. The van der Waals surface area contributed by atoms with Crippen molar-refractivity contribution >= 4 is 34.7 Å². The highest BCUT2D eigenvalue weighted by atomic mass is 35.5. The van der Waals surface area contributed by atoms with E-state index in [0.29, 0.717) is 41.9 Å². The summed E-state index contributed by atoms with van der Waals surface area (Å²) in [6.45, 7) is 5.23. The van der Waals surface area contributed by atoms with Gasteiger partial charge in [0.15, 0.2) is 17.3 Å². The Kier molecular flexibility index (Phi) is 7.90. The minimum atomic E-state index is -0.455. The number of carbonyl (C=O) groups excluding carboxylic acids is 1. The number of benzene rings is 3. The van der Waals surface area contributed by atoms with Crippen LogP contribution in [-0.4, -0.2) is 25.3 Å². The third-order valence-corrected chi connectivity index (χ3v) is 5.23. The van der Waals surface area contributed by atoms with Crippen LogP contribution in [0.5, 0.6) is 17.2 Å². The summed E-state index contributed by atoms with van der Waals surface area (Å²) in [5.41, 5.74) is 4.81. The number of carbonyl (C=O) groups is 1. The van der Waals surface area contributed by atoms with Crippen LogP contribution in [0.4, 0.5) is 0 Å². The highest BCUT2D eigenvalue weighted by Crippen LogP contribution is 2.29. The molecule has 0 fully saturated rings. The molecule has 0 saturated carbocycles. The fourth-order valence-electron chi connectivity index (χ4n) is 3.34. The lowest BCUT2D eigenvalue weighted by Crippen LogP contribution is -2.16. The van der Waals surface area contributed by atoms with Crippen LogP contribution >= 0.6 is 11.6 Å². The van der Waals surface area contributed by atoms with Gasteiger partial charge in [0.25, 0.3) is 0 Å². The molecule has 3 aromatic carbocycles. The second-order valence-electron chi connectivity index (χ2n) is 7.50. The topological polar surface area (TPSA) is 82.3 Å². The van der Waals surface area contributed by atoms with Gasteiger partial charge in [0.05, 0.1) is 19.4 Å². The van der Waals surface area contributed by atoms with E-state index in [1.54, 1.807) is 30.3 Å². The molecule has 180 valence electrons. The minimum Gasteiger partial charge on any atom is -0.494 e. The maximum atomic E-state index is 12.5. The van der Waals surface area contributed by atoms with Crippen molar-refractivity contribution in [3.63, 3.8) is 0 Å². The van der Waals surface area contributed by atoms with Gasteiger partial charge >= 0.3 is 5.91 Å². The summed E-state index contributed by atoms with van der Waals surface area (Å²) in [6, 6.07) is 19.9. The quantitative estimate of drug-likeness (QED) is 0.210. The fraction of sp³-hybridized carbons (Fsp3) is 0.185. The molecule has 1 heterocycles. The zero-order chi connectivity index (χ0) is 24.6. The Labute approximate surface area is 208 Å². The smallest absolute Gasteiger partial charge is 0.307 e. The van der Waals surface area contributed by atoms with Gasteiger partial charge in [-0.25, -0.2) is 5.43 Å². The van der Waals surface area contributed by atoms with Gasteiger partial charge in [0, 0.05) is 10.4 Å². The van der Waals surface area contributed by atoms with Crippen LogP contribution in [0.25, 0.3) is 11.0 Å². The molecule has 1 N–H and O–H groups in total. The van der Waals surface area contributed by atoms with E-state index in [9.17, 15) is 4.79 Å². The first kappa shape index (κ1) is 24.2.